The average molecular weight is 441 g/mol. The largest absolute Gasteiger partial charge is 0.463 e. The van der Waals surface area contributed by atoms with Gasteiger partial charge in [0.05, 0.1) is 19.2 Å². The van der Waals surface area contributed by atoms with Crippen molar-refractivity contribution in [3.8, 4) is 0 Å². The molecule has 0 heterocycles. The maximum Gasteiger partial charge on any atom is 0.333 e. The normalized spacial score (nSPS) is 14.3. The molecule has 6 nitrogen and oxygen atoms in total. The highest BCUT2D eigenvalue weighted by atomic mass is 16.5. The molecule has 0 fully saturated rings. The lowest BCUT2D eigenvalue weighted by Crippen LogP contribution is -2.47. The number of carbonyl (C=O) groups is 3. The van der Waals surface area contributed by atoms with Crippen LogP contribution in [0.1, 0.15) is 88.5 Å². The molecule has 1 N–H and O–H groups in total. The Kier molecular flexibility index (Phi) is 16.1. The zero-order valence-electron chi connectivity index (χ0n) is 21.9. The Labute approximate surface area is 191 Å². The van der Waals surface area contributed by atoms with E-state index in [0.29, 0.717) is 12.2 Å². The van der Waals surface area contributed by atoms with Gasteiger partial charge in [-0.05, 0) is 38.5 Å². The third-order valence-electron chi connectivity index (χ3n) is 5.07. The van der Waals surface area contributed by atoms with E-state index in [1.54, 1.807) is 31.9 Å². The second kappa shape index (κ2) is 15.9. The lowest BCUT2D eigenvalue weighted by molar-refractivity contribution is -0.138. The van der Waals surface area contributed by atoms with Crippen LogP contribution in [0.15, 0.2) is 11.6 Å². The van der Waals surface area contributed by atoms with Crippen LogP contribution in [0.4, 0.5) is 0 Å². The van der Waals surface area contributed by atoms with E-state index in [4.69, 9.17) is 4.74 Å². The van der Waals surface area contributed by atoms with E-state index in [0.717, 1.165) is 25.2 Å². The minimum Gasteiger partial charge on any atom is -0.463 e. The molecule has 2 amide bonds. The zero-order valence-corrected chi connectivity index (χ0v) is 21.9. The summed E-state index contributed by atoms with van der Waals surface area (Å²) in [7, 11) is 1.69. The number of ether oxygens (including phenoxy) is 1. The maximum atomic E-state index is 12.6. The topological polar surface area (TPSA) is 75.7 Å². The molecule has 0 rings (SSSR count). The fourth-order valence-electron chi connectivity index (χ4n) is 2.98. The molecule has 0 aliphatic carbocycles. The lowest BCUT2D eigenvalue weighted by Gasteiger charge is -2.31. The van der Waals surface area contributed by atoms with Gasteiger partial charge in [-0.3, -0.25) is 9.59 Å². The molecular weight excluding hydrogens is 392 g/mol. The van der Waals surface area contributed by atoms with E-state index < -0.39 is 5.41 Å². The van der Waals surface area contributed by atoms with Crippen LogP contribution in [-0.4, -0.2) is 48.9 Å². The Bertz CT molecular complexity index is 581. The van der Waals surface area contributed by atoms with Gasteiger partial charge >= 0.3 is 5.97 Å². The van der Waals surface area contributed by atoms with E-state index >= 15 is 0 Å². The number of hydrogen-bond acceptors (Lipinski definition) is 4. The number of hydrogen-bond donors (Lipinski definition) is 1. The molecular formula is C25H48N2O4. The predicted octanol–water partition coefficient (Wildman–Crippen LogP) is 4.97. The second-order valence-corrected chi connectivity index (χ2v) is 9.39. The highest BCUT2D eigenvalue weighted by molar-refractivity contribution is 5.89. The van der Waals surface area contributed by atoms with Gasteiger partial charge in [0.2, 0.25) is 11.8 Å². The number of nitrogens with one attached hydrogen (secondary N) is 1. The first-order chi connectivity index (χ1) is 14.3. The molecule has 1 unspecified atom stereocenters. The van der Waals surface area contributed by atoms with Crippen molar-refractivity contribution in [3.05, 3.63) is 11.6 Å². The van der Waals surface area contributed by atoms with Crippen LogP contribution in [0.3, 0.4) is 0 Å². The Morgan fingerprint density at radius 3 is 1.97 bits per heavy atom. The number of esters is 1. The minimum absolute atomic E-state index is 0.0514. The Morgan fingerprint density at radius 1 is 1.06 bits per heavy atom. The van der Waals surface area contributed by atoms with Gasteiger partial charge in [-0.1, -0.05) is 67.9 Å². The monoisotopic (exact) mass is 440 g/mol. The van der Waals surface area contributed by atoms with E-state index in [-0.39, 0.29) is 36.3 Å². The molecule has 6 heteroatoms. The summed E-state index contributed by atoms with van der Waals surface area (Å²) in [6, 6.07) is -0.257. The van der Waals surface area contributed by atoms with Gasteiger partial charge in [-0.25, -0.2) is 4.79 Å². The summed E-state index contributed by atoms with van der Waals surface area (Å²) >= 11 is 0. The van der Waals surface area contributed by atoms with Crippen LogP contribution in [-0.2, 0) is 19.1 Å². The molecule has 2 atom stereocenters. The molecule has 0 aliphatic rings. The Hall–Kier alpha value is -1.85. The van der Waals surface area contributed by atoms with Gasteiger partial charge in [-0.2, -0.15) is 0 Å². The summed E-state index contributed by atoms with van der Waals surface area (Å²) in [5.74, 6) is 0.286. The van der Waals surface area contributed by atoms with E-state index in [2.05, 4.69) is 26.1 Å². The minimum atomic E-state index is -0.453. The lowest BCUT2D eigenvalue weighted by atomic mass is 9.82. The molecule has 31 heavy (non-hydrogen) atoms. The van der Waals surface area contributed by atoms with E-state index in [9.17, 15) is 14.4 Å². The molecule has 0 aromatic carbocycles. The van der Waals surface area contributed by atoms with Crippen molar-refractivity contribution in [2.24, 2.45) is 17.3 Å². The summed E-state index contributed by atoms with van der Waals surface area (Å²) in [5.41, 5.74) is 0.0200. The summed E-state index contributed by atoms with van der Waals surface area (Å²) < 4.78 is 5.01. The third-order valence-corrected chi connectivity index (χ3v) is 5.07. The number of nitrogens with zero attached hydrogens (tertiary/aromatic N) is 1. The van der Waals surface area contributed by atoms with Crippen molar-refractivity contribution >= 4 is 17.8 Å². The Balaban J connectivity index is 0. The SMILES string of the molecule is CC(C)C.CCCC(C)(CC)C(=O)NCC(=O)N(C)[C@H](/C=C(\C)C(=O)OCC)C(C)C. The fourth-order valence-corrected chi connectivity index (χ4v) is 2.98. The summed E-state index contributed by atoms with van der Waals surface area (Å²) in [6.45, 7) is 20.1. The van der Waals surface area contributed by atoms with Crippen molar-refractivity contribution in [1.82, 2.24) is 10.2 Å². The van der Waals surface area contributed by atoms with E-state index in [1.807, 2.05) is 34.6 Å². The first-order valence-electron chi connectivity index (χ1n) is 11.7. The standard InChI is InChI=1S/C21H38N2O4.C4H10/c1-9-12-21(7,10-2)20(26)22-14-18(24)23(8)17(15(4)5)13-16(6)19(25)27-11-3;1-4(2)3/h13,15,17H,9-12,14H2,1-8H3,(H,22,26);4H,1-3H3/b16-13+;/t17-,21?;/m1./s1. The van der Waals surface area contributed by atoms with Crippen molar-refractivity contribution in [3.63, 3.8) is 0 Å². The van der Waals surface area contributed by atoms with Crippen molar-refractivity contribution in [1.29, 1.82) is 0 Å². The number of carbonyl (C=O) groups excluding carboxylic acids is 3. The van der Waals surface area contributed by atoms with Crippen molar-refractivity contribution in [2.45, 2.75) is 94.5 Å². The highest BCUT2D eigenvalue weighted by Gasteiger charge is 2.31. The Morgan fingerprint density at radius 2 is 1.58 bits per heavy atom. The van der Waals surface area contributed by atoms with Crippen LogP contribution >= 0.6 is 0 Å². The third kappa shape index (κ3) is 12.6. The molecule has 0 saturated heterocycles. The fraction of sp³-hybridized carbons (Fsp3) is 0.800. The summed E-state index contributed by atoms with van der Waals surface area (Å²) in [6.07, 6.45) is 4.19. The molecule has 0 spiro atoms. The van der Waals surface area contributed by atoms with Gasteiger partial charge < -0.3 is 15.0 Å². The first kappa shape index (κ1) is 31.3. The van der Waals surface area contributed by atoms with Crippen LogP contribution in [0, 0.1) is 17.3 Å². The second-order valence-electron chi connectivity index (χ2n) is 9.39. The molecule has 0 bridgehead atoms. The van der Waals surface area contributed by atoms with Gasteiger partial charge in [0.1, 0.15) is 0 Å². The number of rotatable bonds is 11. The molecule has 182 valence electrons. The quantitative estimate of drug-likeness (QED) is 0.363. The summed E-state index contributed by atoms with van der Waals surface area (Å²) in [4.78, 5) is 38.6. The highest BCUT2D eigenvalue weighted by Crippen LogP contribution is 2.27. The van der Waals surface area contributed by atoms with Gasteiger partial charge in [0, 0.05) is 18.0 Å². The van der Waals surface area contributed by atoms with Crippen LogP contribution in [0.2, 0.25) is 0 Å². The van der Waals surface area contributed by atoms with Crippen LogP contribution in [0.5, 0.6) is 0 Å². The number of amides is 2. The molecule has 0 radical (unpaired) electrons. The predicted molar refractivity (Wildman–Crippen MR) is 129 cm³/mol. The summed E-state index contributed by atoms with van der Waals surface area (Å²) in [5, 5.41) is 2.79. The van der Waals surface area contributed by atoms with Crippen LogP contribution < -0.4 is 5.32 Å². The van der Waals surface area contributed by atoms with Crippen molar-refractivity contribution < 1.29 is 19.1 Å². The first-order valence-corrected chi connectivity index (χ1v) is 11.7. The smallest absolute Gasteiger partial charge is 0.333 e. The van der Waals surface area contributed by atoms with Gasteiger partial charge in [-0.15, -0.1) is 0 Å². The van der Waals surface area contributed by atoms with Crippen LogP contribution in [0.25, 0.3) is 0 Å². The van der Waals surface area contributed by atoms with Crippen molar-refractivity contribution in [2.75, 3.05) is 20.2 Å². The molecule has 0 aromatic rings. The molecule has 0 aromatic heterocycles. The number of likely N-dealkylation sites (N-methyl/N-ethyl adjacent to an activating group) is 1. The van der Waals surface area contributed by atoms with Gasteiger partial charge in [0.15, 0.2) is 0 Å². The van der Waals surface area contributed by atoms with E-state index in [1.165, 1.54) is 0 Å². The maximum absolute atomic E-state index is 12.6. The molecule has 0 saturated carbocycles. The van der Waals surface area contributed by atoms with Gasteiger partial charge in [0.25, 0.3) is 0 Å². The molecule has 0 aliphatic heterocycles. The zero-order chi connectivity index (χ0) is 24.8. The average Bonchev–Trinajstić information content (AvgIpc) is 2.68.